The highest BCUT2D eigenvalue weighted by Crippen LogP contribution is 1.42. The second-order valence-electron chi connectivity index (χ2n) is 1.25. The molecule has 84 valence electrons. The first-order valence-electron chi connectivity index (χ1n) is 2.84. The second-order valence-corrected chi connectivity index (χ2v) is 1.25. The van der Waals surface area contributed by atoms with Crippen molar-refractivity contribution in [2.24, 2.45) is 0 Å². The SMILES string of the molecule is CC(=O)O.CC(=O)O.O=CO.O=CO. The Kier molecular flexibility index (Phi) is 49.7. The zero-order chi connectivity index (χ0) is 12.6. The lowest BCUT2D eigenvalue weighted by molar-refractivity contribution is -0.135. The largest absolute Gasteiger partial charge is 0.483 e. The minimum atomic E-state index is -0.833. The molecular weight excluding hydrogens is 200 g/mol. The highest BCUT2D eigenvalue weighted by Gasteiger charge is 1.65. The van der Waals surface area contributed by atoms with Crippen LogP contribution in [-0.2, 0) is 19.2 Å². The van der Waals surface area contributed by atoms with E-state index >= 15 is 0 Å². The number of carboxylic acid groups (broad SMARTS) is 4. The van der Waals surface area contributed by atoms with E-state index in [1.165, 1.54) is 0 Å². The molecule has 0 aliphatic heterocycles. The molecular formula is C6H12O8. The highest BCUT2D eigenvalue weighted by molar-refractivity contribution is 5.63. The number of rotatable bonds is 0. The molecule has 0 unspecified atom stereocenters. The molecule has 0 aromatic heterocycles. The van der Waals surface area contributed by atoms with Crippen LogP contribution in [0.2, 0.25) is 0 Å². The normalized spacial score (nSPS) is 5.29. The van der Waals surface area contributed by atoms with Gasteiger partial charge in [-0.1, -0.05) is 0 Å². The Hall–Kier alpha value is -2.12. The molecule has 0 saturated carbocycles. The van der Waals surface area contributed by atoms with Gasteiger partial charge in [-0.25, -0.2) is 0 Å². The molecule has 0 rings (SSSR count). The van der Waals surface area contributed by atoms with Gasteiger partial charge in [-0.05, 0) is 0 Å². The van der Waals surface area contributed by atoms with Gasteiger partial charge in [0.1, 0.15) is 0 Å². The smallest absolute Gasteiger partial charge is 0.300 e. The van der Waals surface area contributed by atoms with Crippen molar-refractivity contribution < 1.29 is 39.6 Å². The van der Waals surface area contributed by atoms with Gasteiger partial charge in [-0.3, -0.25) is 19.2 Å². The Balaban J connectivity index is -0.0000000482. The maximum Gasteiger partial charge on any atom is 0.300 e. The van der Waals surface area contributed by atoms with Gasteiger partial charge >= 0.3 is 0 Å². The predicted molar refractivity (Wildman–Crippen MR) is 44.0 cm³/mol. The topological polar surface area (TPSA) is 149 Å². The van der Waals surface area contributed by atoms with Gasteiger partial charge < -0.3 is 20.4 Å². The van der Waals surface area contributed by atoms with Crippen molar-refractivity contribution in [3.05, 3.63) is 0 Å². The molecule has 0 heterocycles. The minimum absolute atomic E-state index is 0.250. The van der Waals surface area contributed by atoms with Crippen LogP contribution in [0.25, 0.3) is 0 Å². The summed E-state index contributed by atoms with van der Waals surface area (Å²) in [5.74, 6) is -1.67. The first kappa shape index (κ1) is 22.6. The summed E-state index contributed by atoms with van der Waals surface area (Å²) in [4.78, 5) is 34.7. The molecule has 0 aliphatic carbocycles. The molecule has 0 amide bonds. The van der Waals surface area contributed by atoms with Crippen molar-refractivity contribution in [2.75, 3.05) is 0 Å². The van der Waals surface area contributed by atoms with Crippen LogP contribution in [0.3, 0.4) is 0 Å². The van der Waals surface area contributed by atoms with Gasteiger partial charge in [-0.2, -0.15) is 0 Å². The predicted octanol–water partition coefficient (Wildman–Crippen LogP) is -0.417. The zero-order valence-electron chi connectivity index (χ0n) is 7.58. The highest BCUT2D eigenvalue weighted by atomic mass is 16.4. The summed E-state index contributed by atoms with van der Waals surface area (Å²) >= 11 is 0. The summed E-state index contributed by atoms with van der Waals surface area (Å²) < 4.78 is 0. The van der Waals surface area contributed by atoms with Crippen LogP contribution in [0.1, 0.15) is 13.8 Å². The maximum absolute atomic E-state index is 9.00. The van der Waals surface area contributed by atoms with Gasteiger partial charge in [0, 0.05) is 13.8 Å². The van der Waals surface area contributed by atoms with Crippen LogP contribution < -0.4 is 0 Å². The summed E-state index contributed by atoms with van der Waals surface area (Å²) in [6, 6.07) is 0. The van der Waals surface area contributed by atoms with Gasteiger partial charge in [-0.15, -0.1) is 0 Å². The van der Waals surface area contributed by atoms with Gasteiger partial charge in [0.2, 0.25) is 0 Å². The summed E-state index contributed by atoms with van der Waals surface area (Å²) in [6.45, 7) is 1.67. The number of hydrogen-bond donors (Lipinski definition) is 4. The van der Waals surface area contributed by atoms with Gasteiger partial charge in [0.15, 0.2) is 0 Å². The third kappa shape index (κ3) is 173. The number of hydrogen-bond acceptors (Lipinski definition) is 4. The fourth-order valence-corrected chi connectivity index (χ4v) is 0. The van der Waals surface area contributed by atoms with Crippen molar-refractivity contribution in [1.82, 2.24) is 0 Å². The number of carbonyl (C=O) groups is 4. The first-order valence-corrected chi connectivity index (χ1v) is 2.84. The Morgan fingerprint density at radius 3 is 0.857 bits per heavy atom. The summed E-state index contributed by atoms with van der Waals surface area (Å²) in [6.07, 6.45) is 0. The lowest BCUT2D eigenvalue weighted by Gasteiger charge is -1.59. The molecule has 0 saturated heterocycles. The summed E-state index contributed by atoms with van der Waals surface area (Å²) in [5, 5.41) is 28.6. The molecule has 0 spiro atoms. The molecule has 0 fully saturated rings. The fourth-order valence-electron chi connectivity index (χ4n) is 0. The fraction of sp³-hybridized carbons (Fsp3) is 0.333. The van der Waals surface area contributed by atoms with Crippen molar-refractivity contribution in [1.29, 1.82) is 0 Å². The molecule has 0 atom stereocenters. The monoisotopic (exact) mass is 212 g/mol. The summed E-state index contributed by atoms with van der Waals surface area (Å²) in [7, 11) is 0. The third-order valence-electron chi connectivity index (χ3n) is 0. The Labute approximate surface area is 79.4 Å². The molecule has 0 bridgehead atoms. The number of aliphatic carboxylic acids is 2. The van der Waals surface area contributed by atoms with Crippen LogP contribution >= 0.6 is 0 Å². The van der Waals surface area contributed by atoms with Crippen LogP contribution in [0.5, 0.6) is 0 Å². The summed E-state index contributed by atoms with van der Waals surface area (Å²) in [5.41, 5.74) is 0. The Morgan fingerprint density at radius 1 is 0.857 bits per heavy atom. The van der Waals surface area contributed by atoms with E-state index in [1.54, 1.807) is 0 Å². The van der Waals surface area contributed by atoms with Gasteiger partial charge in [0.25, 0.3) is 24.9 Å². The standard InChI is InChI=1S/2C2H4O2.2CH2O2/c2*1-2(3)4;2*2-1-3/h2*1H3,(H,3,4);2*1H,(H,2,3). The Bertz CT molecular complexity index is 126. The average molecular weight is 212 g/mol. The van der Waals surface area contributed by atoms with Crippen LogP contribution in [-0.4, -0.2) is 45.3 Å². The van der Waals surface area contributed by atoms with Crippen LogP contribution in [0, 0.1) is 0 Å². The first-order chi connectivity index (χ1) is 6.29. The lowest BCUT2D eigenvalue weighted by atomic mass is 10.9. The third-order valence-corrected chi connectivity index (χ3v) is 0. The number of carboxylic acids is 2. The zero-order valence-corrected chi connectivity index (χ0v) is 7.58. The van der Waals surface area contributed by atoms with Crippen LogP contribution in [0.4, 0.5) is 0 Å². The lowest BCUT2D eigenvalue weighted by Crippen LogP contribution is -1.78. The van der Waals surface area contributed by atoms with E-state index in [9.17, 15) is 0 Å². The maximum atomic E-state index is 9.00. The van der Waals surface area contributed by atoms with Crippen LogP contribution in [0.15, 0.2) is 0 Å². The molecule has 4 N–H and O–H groups in total. The molecule has 0 aromatic carbocycles. The van der Waals surface area contributed by atoms with E-state index < -0.39 is 11.9 Å². The van der Waals surface area contributed by atoms with E-state index in [-0.39, 0.29) is 12.9 Å². The Morgan fingerprint density at radius 2 is 0.857 bits per heavy atom. The van der Waals surface area contributed by atoms with Crippen molar-refractivity contribution >= 4 is 24.9 Å². The molecule has 0 aliphatic rings. The minimum Gasteiger partial charge on any atom is -0.483 e. The van der Waals surface area contributed by atoms with Crippen molar-refractivity contribution in [3.63, 3.8) is 0 Å². The van der Waals surface area contributed by atoms with Gasteiger partial charge in [0.05, 0.1) is 0 Å². The molecule has 8 nitrogen and oxygen atoms in total. The molecule has 0 radical (unpaired) electrons. The molecule has 8 heteroatoms. The second kappa shape index (κ2) is 30.7. The molecule has 0 aromatic rings. The van der Waals surface area contributed by atoms with E-state index in [2.05, 4.69) is 0 Å². The van der Waals surface area contributed by atoms with E-state index in [1.807, 2.05) is 0 Å². The van der Waals surface area contributed by atoms with E-state index in [4.69, 9.17) is 39.6 Å². The molecule has 14 heavy (non-hydrogen) atoms. The van der Waals surface area contributed by atoms with Crippen molar-refractivity contribution in [3.8, 4) is 0 Å². The van der Waals surface area contributed by atoms with E-state index in [0.29, 0.717) is 0 Å². The quantitative estimate of drug-likeness (QED) is 0.395. The van der Waals surface area contributed by atoms with Crippen molar-refractivity contribution in [2.45, 2.75) is 13.8 Å². The van der Waals surface area contributed by atoms with E-state index in [0.717, 1.165) is 13.8 Å². The average Bonchev–Trinajstić information content (AvgIpc) is 1.85.